The summed E-state index contributed by atoms with van der Waals surface area (Å²) in [5.74, 6) is -3.79. The van der Waals surface area contributed by atoms with Crippen LogP contribution in [0.3, 0.4) is 0 Å². The van der Waals surface area contributed by atoms with Crippen LogP contribution in [0.5, 0.6) is 5.75 Å². The Hall–Kier alpha value is -3.71. The molecule has 0 aliphatic rings. The molecule has 0 amide bonds. The maximum Gasteiger partial charge on any atom is 0.317 e. The fourth-order valence-electron chi connectivity index (χ4n) is 3.83. The third-order valence-corrected chi connectivity index (χ3v) is 5.56. The van der Waals surface area contributed by atoms with E-state index < -0.39 is 11.9 Å². The Morgan fingerprint density at radius 3 is 2.59 bits per heavy atom. The van der Waals surface area contributed by atoms with E-state index >= 15 is 8.78 Å². The molecule has 34 heavy (non-hydrogen) atoms. The molecule has 4 aromatic rings. The second-order valence-corrected chi connectivity index (χ2v) is 8.01. The van der Waals surface area contributed by atoms with Crippen LogP contribution in [0.25, 0.3) is 11.0 Å². The molecule has 4 rings (SSSR count). The van der Waals surface area contributed by atoms with E-state index in [0.717, 1.165) is 5.56 Å². The molecule has 0 saturated heterocycles. The second kappa shape index (κ2) is 10.5. The number of fused-ring (bicyclic) bond motifs is 1. The van der Waals surface area contributed by atoms with Crippen molar-refractivity contribution < 1.29 is 27.8 Å². The summed E-state index contributed by atoms with van der Waals surface area (Å²) in [5, 5.41) is 12.2. The highest BCUT2D eigenvalue weighted by Gasteiger charge is 2.34. The van der Waals surface area contributed by atoms with Gasteiger partial charge in [-0.05, 0) is 61.3 Å². The Morgan fingerprint density at radius 2 is 1.79 bits per heavy atom. The number of carboxylic acid groups (broad SMARTS) is 1. The summed E-state index contributed by atoms with van der Waals surface area (Å²) in [7, 11) is 0. The minimum atomic E-state index is -3.21. The lowest BCUT2D eigenvalue weighted by Gasteiger charge is -2.22. The zero-order chi connectivity index (χ0) is 24.0. The fourth-order valence-corrected chi connectivity index (χ4v) is 3.83. The molecule has 2 N–H and O–H groups in total. The summed E-state index contributed by atoms with van der Waals surface area (Å²) in [4.78, 5) is 10.7. The number of benzene rings is 3. The molecule has 1 unspecified atom stereocenters. The Balaban J connectivity index is 1.52. The molecule has 1 heterocycles. The van der Waals surface area contributed by atoms with Crippen LogP contribution in [0.1, 0.15) is 35.6 Å². The molecule has 3 aromatic carbocycles. The monoisotopic (exact) mass is 465 g/mol. The van der Waals surface area contributed by atoms with Gasteiger partial charge in [-0.25, -0.2) is 0 Å². The predicted molar refractivity (Wildman–Crippen MR) is 125 cm³/mol. The first-order valence-electron chi connectivity index (χ1n) is 11.0. The van der Waals surface area contributed by atoms with E-state index in [1.54, 1.807) is 24.3 Å². The largest absolute Gasteiger partial charge is 0.486 e. The van der Waals surface area contributed by atoms with Gasteiger partial charge in [-0.15, -0.1) is 0 Å². The number of ether oxygens (including phenoxy) is 1. The molecule has 0 saturated carbocycles. The van der Waals surface area contributed by atoms with Gasteiger partial charge in [-0.1, -0.05) is 42.5 Å². The number of alkyl halides is 2. The van der Waals surface area contributed by atoms with Crippen LogP contribution in [0.2, 0.25) is 0 Å². The third kappa shape index (κ3) is 5.61. The molecule has 176 valence electrons. The van der Waals surface area contributed by atoms with Gasteiger partial charge in [0.2, 0.25) is 0 Å². The minimum absolute atomic E-state index is 0.113. The van der Waals surface area contributed by atoms with E-state index in [2.05, 4.69) is 5.32 Å². The number of nitrogens with one attached hydrogen (secondary N) is 1. The van der Waals surface area contributed by atoms with E-state index in [0.29, 0.717) is 36.1 Å². The number of hydrogen-bond donors (Lipinski definition) is 2. The van der Waals surface area contributed by atoms with Gasteiger partial charge >= 0.3 is 5.97 Å². The van der Waals surface area contributed by atoms with Crippen LogP contribution >= 0.6 is 0 Å². The van der Waals surface area contributed by atoms with E-state index in [9.17, 15) is 4.79 Å². The van der Waals surface area contributed by atoms with Crippen molar-refractivity contribution in [2.45, 2.75) is 24.9 Å². The molecule has 0 aliphatic heterocycles. The van der Waals surface area contributed by atoms with Crippen molar-refractivity contribution in [1.29, 1.82) is 0 Å². The van der Waals surface area contributed by atoms with E-state index in [1.165, 1.54) is 30.5 Å². The minimum Gasteiger partial charge on any atom is -0.486 e. The molecule has 0 bridgehead atoms. The lowest BCUT2D eigenvalue weighted by atomic mass is 9.99. The van der Waals surface area contributed by atoms with E-state index in [-0.39, 0.29) is 23.8 Å². The molecule has 5 nitrogen and oxygen atoms in total. The lowest BCUT2D eigenvalue weighted by Crippen LogP contribution is -2.24. The molecule has 0 radical (unpaired) electrons. The highest BCUT2D eigenvalue weighted by atomic mass is 19.3. The van der Waals surface area contributed by atoms with Crippen LogP contribution in [0.15, 0.2) is 89.5 Å². The van der Waals surface area contributed by atoms with Gasteiger partial charge in [0.05, 0.1) is 12.8 Å². The van der Waals surface area contributed by atoms with Crippen molar-refractivity contribution in [3.63, 3.8) is 0 Å². The number of aliphatic carboxylic acids is 1. The Bertz CT molecular complexity index is 1240. The number of carboxylic acids is 1. The molecule has 0 spiro atoms. The molecular formula is C27H25F2NO4. The lowest BCUT2D eigenvalue weighted by molar-refractivity contribution is -0.135. The maximum absolute atomic E-state index is 15.4. The number of carbonyl (C=O) groups is 1. The van der Waals surface area contributed by atoms with Gasteiger partial charge in [0.15, 0.2) is 0 Å². The Labute approximate surface area is 196 Å². The van der Waals surface area contributed by atoms with Crippen LogP contribution in [0, 0.1) is 0 Å². The van der Waals surface area contributed by atoms with E-state index in [1.807, 2.05) is 30.3 Å². The molecule has 7 heteroatoms. The molecule has 1 aromatic heterocycles. The third-order valence-electron chi connectivity index (χ3n) is 5.56. The van der Waals surface area contributed by atoms with Crippen LogP contribution in [-0.4, -0.2) is 24.2 Å². The van der Waals surface area contributed by atoms with Crippen LogP contribution in [-0.2, 0) is 10.7 Å². The van der Waals surface area contributed by atoms with Gasteiger partial charge in [-0.2, -0.15) is 8.78 Å². The molecule has 1 atom stereocenters. The summed E-state index contributed by atoms with van der Waals surface area (Å²) < 4.78 is 42.2. The van der Waals surface area contributed by atoms with Gasteiger partial charge in [0.1, 0.15) is 17.4 Å². The first-order chi connectivity index (χ1) is 16.4. The Morgan fingerprint density at radius 1 is 1.00 bits per heavy atom. The zero-order valence-electron chi connectivity index (χ0n) is 18.4. The summed E-state index contributed by atoms with van der Waals surface area (Å²) in [6.45, 7) is 0.395. The average Bonchev–Trinajstić information content (AvgIpc) is 3.32. The van der Waals surface area contributed by atoms with Crippen molar-refractivity contribution in [2.24, 2.45) is 0 Å². The molecular weight excluding hydrogens is 440 g/mol. The summed E-state index contributed by atoms with van der Waals surface area (Å²) in [5.41, 5.74) is 1.19. The number of hydrogen-bond acceptors (Lipinski definition) is 4. The number of rotatable bonds is 11. The van der Waals surface area contributed by atoms with Crippen molar-refractivity contribution >= 4 is 16.9 Å². The summed E-state index contributed by atoms with van der Waals surface area (Å²) in [6.07, 6.45) is 2.36. The quantitative estimate of drug-likeness (QED) is 0.260. The van der Waals surface area contributed by atoms with Crippen molar-refractivity contribution in [3.05, 3.63) is 102 Å². The number of halogens is 2. The topological polar surface area (TPSA) is 71.7 Å². The van der Waals surface area contributed by atoms with Gasteiger partial charge in [0, 0.05) is 16.5 Å². The second-order valence-electron chi connectivity index (χ2n) is 8.01. The van der Waals surface area contributed by atoms with Crippen molar-refractivity contribution in [1.82, 2.24) is 5.32 Å². The van der Waals surface area contributed by atoms with Gasteiger partial charge in [-0.3, -0.25) is 4.79 Å². The van der Waals surface area contributed by atoms with Crippen LogP contribution in [0.4, 0.5) is 8.78 Å². The smallest absolute Gasteiger partial charge is 0.317 e. The predicted octanol–water partition coefficient (Wildman–Crippen LogP) is 6.15. The fraction of sp³-hybridized carbons (Fsp3) is 0.222. The Kier molecular flexibility index (Phi) is 7.23. The van der Waals surface area contributed by atoms with Crippen LogP contribution < -0.4 is 10.1 Å². The highest BCUT2D eigenvalue weighted by molar-refractivity contribution is 5.78. The van der Waals surface area contributed by atoms with Crippen molar-refractivity contribution in [2.75, 3.05) is 13.1 Å². The number of furan rings is 1. The van der Waals surface area contributed by atoms with Gasteiger partial charge in [0.25, 0.3) is 5.92 Å². The van der Waals surface area contributed by atoms with E-state index in [4.69, 9.17) is 14.3 Å². The maximum atomic E-state index is 15.4. The highest BCUT2D eigenvalue weighted by Crippen LogP contribution is 2.39. The van der Waals surface area contributed by atoms with Crippen molar-refractivity contribution in [3.8, 4) is 5.75 Å². The summed E-state index contributed by atoms with van der Waals surface area (Å²) in [6, 6.07) is 21.5. The summed E-state index contributed by atoms with van der Waals surface area (Å²) >= 11 is 0. The first kappa shape index (κ1) is 23.4. The van der Waals surface area contributed by atoms with Gasteiger partial charge < -0.3 is 19.6 Å². The normalized spacial score (nSPS) is 12.5. The standard InChI is InChI=1S/C27H25F2NO4/c28-27(29,22-11-12-24-20(16-22)13-15-33-24)21-8-4-9-23(17-21)34-25(19-6-2-1-3-7-19)10-5-14-30-18-26(31)32/h1-4,6-9,11-13,15-17,25,30H,5,10,14,18H2,(H,31,32). The molecule has 0 aliphatic carbocycles. The zero-order valence-corrected chi connectivity index (χ0v) is 18.4. The first-order valence-corrected chi connectivity index (χ1v) is 11.0. The molecule has 0 fully saturated rings. The average molecular weight is 465 g/mol. The SMILES string of the molecule is O=C(O)CNCCCC(Oc1cccc(C(F)(F)c2ccc3occc3c2)c1)c1ccccc1.